The van der Waals surface area contributed by atoms with E-state index in [1.165, 1.54) is 13.8 Å². The zero-order valence-corrected chi connectivity index (χ0v) is 10.3. The molecule has 16 heavy (non-hydrogen) atoms. The van der Waals surface area contributed by atoms with Crippen LogP contribution < -0.4 is 0 Å². The Kier molecular flexibility index (Phi) is 3.86. The monoisotopic (exact) mass is 228 g/mol. The first kappa shape index (κ1) is 13.3. The number of hydrogen-bond donors (Lipinski definition) is 1. The lowest BCUT2D eigenvalue weighted by Gasteiger charge is -2.33. The molecule has 0 aliphatic carbocycles. The van der Waals surface area contributed by atoms with Gasteiger partial charge >= 0.3 is 0 Å². The van der Waals surface area contributed by atoms with Gasteiger partial charge in [-0.1, -0.05) is 6.92 Å². The molecule has 1 heterocycles. The molecule has 92 valence electrons. The Labute approximate surface area is 96.0 Å². The quantitative estimate of drug-likeness (QED) is 0.773. The van der Waals surface area contributed by atoms with Gasteiger partial charge in [0.05, 0.1) is 24.7 Å². The fraction of sp³-hybridized carbons (Fsp3) is 0.833. The maximum Gasteiger partial charge on any atom is 0.138 e. The summed E-state index contributed by atoms with van der Waals surface area (Å²) in [5, 5.41) is 9.23. The molecule has 0 aromatic heterocycles. The Balaban J connectivity index is 3.03. The maximum atomic E-state index is 11.8. The van der Waals surface area contributed by atoms with Crippen LogP contribution in [0.3, 0.4) is 0 Å². The van der Waals surface area contributed by atoms with Crippen molar-refractivity contribution >= 4 is 11.6 Å². The molecule has 1 N–H and O–H groups in total. The van der Waals surface area contributed by atoms with E-state index in [1.54, 1.807) is 6.92 Å². The topological polar surface area (TPSA) is 63.6 Å². The van der Waals surface area contributed by atoms with E-state index in [9.17, 15) is 14.7 Å². The Morgan fingerprint density at radius 1 is 1.50 bits per heavy atom. The van der Waals surface area contributed by atoms with Gasteiger partial charge in [-0.15, -0.1) is 0 Å². The number of rotatable bonds is 4. The molecule has 0 aromatic rings. The van der Waals surface area contributed by atoms with Gasteiger partial charge in [-0.25, -0.2) is 0 Å². The van der Waals surface area contributed by atoms with Crippen molar-refractivity contribution in [3.05, 3.63) is 0 Å². The van der Waals surface area contributed by atoms with E-state index in [-0.39, 0.29) is 30.0 Å². The molecular formula is C12H20O4. The van der Waals surface area contributed by atoms with Crippen molar-refractivity contribution in [3.8, 4) is 0 Å². The molecule has 4 atom stereocenters. The van der Waals surface area contributed by atoms with Crippen LogP contribution in [0.15, 0.2) is 0 Å². The normalized spacial score (nSPS) is 36.1. The van der Waals surface area contributed by atoms with Crippen molar-refractivity contribution < 1.29 is 19.4 Å². The van der Waals surface area contributed by atoms with Crippen LogP contribution in [0.25, 0.3) is 0 Å². The molecule has 0 saturated carbocycles. The molecule has 4 nitrogen and oxygen atoms in total. The van der Waals surface area contributed by atoms with E-state index in [4.69, 9.17) is 4.74 Å². The fourth-order valence-electron chi connectivity index (χ4n) is 2.48. The number of ether oxygens (including phenoxy) is 1. The van der Waals surface area contributed by atoms with Gasteiger partial charge in [-0.05, 0) is 20.8 Å². The van der Waals surface area contributed by atoms with Gasteiger partial charge in [0.15, 0.2) is 0 Å². The molecule has 0 aromatic carbocycles. The smallest absolute Gasteiger partial charge is 0.138 e. The molecule has 4 heteroatoms. The fourth-order valence-corrected chi connectivity index (χ4v) is 2.48. The van der Waals surface area contributed by atoms with Crippen LogP contribution in [0.1, 0.15) is 27.7 Å². The lowest BCUT2D eigenvalue weighted by molar-refractivity contribution is -0.134. The maximum absolute atomic E-state index is 11.8. The minimum Gasteiger partial charge on any atom is -0.394 e. The number of aliphatic hydroxyl groups excluding tert-OH is 1. The standard InChI is InChI=1S/C12H20O4/c1-7(8(2)14)10-6-16-11(5-13)12(10,4)9(3)15/h7,10-11,13H,5-6H2,1-4H3/t7?,10-,11+,12-/m0/s1. The zero-order valence-electron chi connectivity index (χ0n) is 10.3. The number of Topliss-reactive ketones (excluding diaryl/α,β-unsaturated/α-hetero) is 2. The molecule has 0 amide bonds. The molecule has 1 rings (SSSR count). The molecule has 1 unspecified atom stereocenters. The van der Waals surface area contributed by atoms with E-state index in [0.29, 0.717) is 6.61 Å². The van der Waals surface area contributed by atoms with Crippen molar-refractivity contribution in [2.45, 2.75) is 33.8 Å². The van der Waals surface area contributed by atoms with Crippen LogP contribution in [-0.4, -0.2) is 36.0 Å². The highest BCUT2D eigenvalue weighted by Crippen LogP contribution is 2.44. The number of carbonyl (C=O) groups is 2. The minimum atomic E-state index is -0.750. The van der Waals surface area contributed by atoms with Gasteiger partial charge in [-0.3, -0.25) is 9.59 Å². The molecule has 1 aliphatic rings. The lowest BCUT2D eigenvalue weighted by Crippen LogP contribution is -2.44. The van der Waals surface area contributed by atoms with Crippen LogP contribution in [0, 0.1) is 17.3 Å². The van der Waals surface area contributed by atoms with E-state index in [2.05, 4.69) is 0 Å². The first-order valence-electron chi connectivity index (χ1n) is 5.59. The van der Waals surface area contributed by atoms with E-state index < -0.39 is 11.5 Å². The van der Waals surface area contributed by atoms with Crippen molar-refractivity contribution in [2.24, 2.45) is 17.3 Å². The van der Waals surface area contributed by atoms with Gasteiger partial charge in [0, 0.05) is 11.8 Å². The molecule has 0 radical (unpaired) electrons. The Morgan fingerprint density at radius 2 is 2.06 bits per heavy atom. The van der Waals surface area contributed by atoms with Crippen LogP contribution in [-0.2, 0) is 14.3 Å². The minimum absolute atomic E-state index is 0.0258. The van der Waals surface area contributed by atoms with Crippen molar-refractivity contribution in [2.75, 3.05) is 13.2 Å². The first-order chi connectivity index (χ1) is 7.35. The summed E-state index contributed by atoms with van der Waals surface area (Å²) in [7, 11) is 0. The summed E-state index contributed by atoms with van der Waals surface area (Å²) in [6.07, 6.45) is -0.489. The van der Waals surface area contributed by atoms with Crippen molar-refractivity contribution in [1.29, 1.82) is 0 Å². The summed E-state index contributed by atoms with van der Waals surface area (Å²) in [5.74, 6) is -0.327. The van der Waals surface area contributed by atoms with Gasteiger partial charge in [-0.2, -0.15) is 0 Å². The van der Waals surface area contributed by atoms with Crippen LogP contribution in [0.5, 0.6) is 0 Å². The first-order valence-corrected chi connectivity index (χ1v) is 5.59. The summed E-state index contributed by atoms with van der Waals surface area (Å²) >= 11 is 0. The summed E-state index contributed by atoms with van der Waals surface area (Å²) in [5.41, 5.74) is -0.750. The third-order valence-electron chi connectivity index (χ3n) is 4.09. The molecule has 1 fully saturated rings. The Bertz CT molecular complexity index is 299. The zero-order chi connectivity index (χ0) is 12.5. The second kappa shape index (κ2) is 4.63. The van der Waals surface area contributed by atoms with Gasteiger partial charge in [0.25, 0.3) is 0 Å². The lowest BCUT2D eigenvalue weighted by atomic mass is 9.67. The summed E-state index contributed by atoms with van der Waals surface area (Å²) in [6.45, 7) is 6.80. The van der Waals surface area contributed by atoms with Gasteiger partial charge in [0.1, 0.15) is 11.6 Å². The third-order valence-corrected chi connectivity index (χ3v) is 4.09. The van der Waals surface area contributed by atoms with Crippen molar-refractivity contribution in [1.82, 2.24) is 0 Å². The molecule has 1 saturated heterocycles. The number of ketones is 2. The predicted octanol–water partition coefficient (Wildman–Crippen LogP) is 0.814. The highest BCUT2D eigenvalue weighted by atomic mass is 16.5. The molecule has 1 aliphatic heterocycles. The molecular weight excluding hydrogens is 208 g/mol. The van der Waals surface area contributed by atoms with E-state index in [1.807, 2.05) is 6.92 Å². The highest BCUT2D eigenvalue weighted by Gasteiger charge is 2.53. The number of carbonyl (C=O) groups excluding carboxylic acids is 2. The predicted molar refractivity (Wildman–Crippen MR) is 58.9 cm³/mol. The molecule has 0 bridgehead atoms. The highest BCUT2D eigenvalue weighted by molar-refractivity contribution is 5.85. The number of aliphatic hydroxyl groups is 1. The van der Waals surface area contributed by atoms with Crippen LogP contribution >= 0.6 is 0 Å². The summed E-state index contributed by atoms with van der Waals surface area (Å²) in [6, 6.07) is 0. The Morgan fingerprint density at radius 3 is 2.44 bits per heavy atom. The average molecular weight is 228 g/mol. The van der Waals surface area contributed by atoms with E-state index >= 15 is 0 Å². The summed E-state index contributed by atoms with van der Waals surface area (Å²) in [4.78, 5) is 23.2. The number of hydrogen-bond acceptors (Lipinski definition) is 4. The largest absolute Gasteiger partial charge is 0.394 e. The molecule has 0 spiro atoms. The van der Waals surface area contributed by atoms with Gasteiger partial charge < -0.3 is 9.84 Å². The van der Waals surface area contributed by atoms with Crippen LogP contribution in [0.4, 0.5) is 0 Å². The SMILES string of the molecule is CC(=O)C(C)[C@@H]1CO[C@H](CO)[C@@]1(C)C(C)=O. The van der Waals surface area contributed by atoms with Gasteiger partial charge in [0.2, 0.25) is 0 Å². The van der Waals surface area contributed by atoms with E-state index in [0.717, 1.165) is 0 Å². The van der Waals surface area contributed by atoms with Crippen LogP contribution in [0.2, 0.25) is 0 Å². The third kappa shape index (κ3) is 1.92. The second-order valence-corrected chi connectivity index (χ2v) is 4.85. The second-order valence-electron chi connectivity index (χ2n) is 4.85. The van der Waals surface area contributed by atoms with Crippen molar-refractivity contribution in [3.63, 3.8) is 0 Å². The average Bonchev–Trinajstić information content (AvgIpc) is 2.55. The summed E-state index contributed by atoms with van der Waals surface area (Å²) < 4.78 is 5.44. The Hall–Kier alpha value is -0.740.